The van der Waals surface area contributed by atoms with Gasteiger partial charge >= 0.3 is 92.4 Å². The molecule has 0 saturated carbocycles. The molecule has 0 saturated heterocycles. The third-order valence-electron chi connectivity index (χ3n) is 2.51. The Labute approximate surface area is 92.3 Å². The molecule has 0 radical (unpaired) electrons. The van der Waals surface area contributed by atoms with Gasteiger partial charge in [-0.1, -0.05) is 0 Å². The third kappa shape index (κ3) is 1.89. The molecule has 0 aliphatic carbocycles. The number of benzene rings is 1. The fraction of sp³-hybridized carbons (Fsp3) is 0.333. The van der Waals surface area contributed by atoms with Crippen molar-refractivity contribution in [2.75, 3.05) is 0 Å². The first-order valence-electron chi connectivity index (χ1n) is 4.97. The number of rotatable bonds is 1. The van der Waals surface area contributed by atoms with E-state index in [2.05, 4.69) is 48.5 Å². The molecule has 0 aliphatic rings. The van der Waals surface area contributed by atoms with Gasteiger partial charge in [0.1, 0.15) is 0 Å². The second-order valence-electron chi connectivity index (χ2n) is 4.86. The van der Waals surface area contributed by atoms with Crippen LogP contribution in [0, 0.1) is 6.92 Å². The molecule has 0 N–H and O–H groups in total. The summed E-state index contributed by atoms with van der Waals surface area (Å²) < 4.78 is 3.07. The van der Waals surface area contributed by atoms with Gasteiger partial charge in [-0.15, -0.1) is 0 Å². The summed E-state index contributed by atoms with van der Waals surface area (Å²) in [6.07, 6.45) is 0. The van der Waals surface area contributed by atoms with Crippen LogP contribution in [0.15, 0.2) is 24.3 Å². The Morgan fingerprint density at radius 1 is 1.07 bits per heavy atom. The monoisotopic (exact) mass is 266 g/mol. The van der Waals surface area contributed by atoms with E-state index in [-0.39, 0.29) is 0 Å². The molecule has 0 fully saturated rings. The quantitative estimate of drug-likeness (QED) is 0.688. The summed E-state index contributed by atoms with van der Waals surface area (Å²) in [6, 6.07) is 9.30. The maximum absolute atomic E-state index is 2.45. The van der Waals surface area contributed by atoms with Gasteiger partial charge in [0.15, 0.2) is 0 Å². The third-order valence-corrected chi connectivity index (χ3v) is 7.81. The van der Waals surface area contributed by atoms with Crippen LogP contribution in [0.2, 0.25) is 17.3 Å². The summed E-state index contributed by atoms with van der Waals surface area (Å²) in [4.78, 5) is 1.42. The van der Waals surface area contributed by atoms with Crippen LogP contribution in [0.4, 0.5) is 0 Å². The number of hydrogen-bond donors (Lipinski definition) is 0. The van der Waals surface area contributed by atoms with Crippen molar-refractivity contribution in [1.29, 1.82) is 0 Å². The van der Waals surface area contributed by atoms with Crippen LogP contribution in [-0.2, 0) is 0 Å². The Morgan fingerprint density at radius 3 is 2.43 bits per heavy atom. The van der Waals surface area contributed by atoms with E-state index in [1.54, 1.807) is 4.40 Å². The van der Waals surface area contributed by atoms with E-state index < -0.39 is 13.3 Å². The van der Waals surface area contributed by atoms with Crippen LogP contribution in [0.5, 0.6) is 0 Å². The van der Waals surface area contributed by atoms with Gasteiger partial charge in [-0.25, -0.2) is 0 Å². The van der Waals surface area contributed by atoms with Gasteiger partial charge in [-0.3, -0.25) is 0 Å². The Kier molecular flexibility index (Phi) is 2.48. The first kappa shape index (κ1) is 10.2. The average Bonchev–Trinajstić information content (AvgIpc) is 2.41. The first-order chi connectivity index (χ1) is 6.47. The average molecular weight is 265 g/mol. The first-order valence-corrected chi connectivity index (χ1v) is 13.1. The van der Waals surface area contributed by atoms with Gasteiger partial charge in [0.05, 0.1) is 0 Å². The molecule has 1 aromatic carbocycles. The van der Waals surface area contributed by atoms with Crippen LogP contribution in [0.1, 0.15) is 4.88 Å². The van der Waals surface area contributed by atoms with Crippen LogP contribution in [0.25, 0.3) is 10.1 Å². The van der Waals surface area contributed by atoms with Crippen molar-refractivity contribution >= 4 is 39.1 Å². The van der Waals surface area contributed by atoms with Crippen molar-refractivity contribution in [2.24, 2.45) is 0 Å². The zero-order chi connectivity index (χ0) is 10.3. The van der Waals surface area contributed by atoms with Crippen molar-refractivity contribution in [3.05, 3.63) is 29.1 Å². The van der Waals surface area contributed by atoms with Crippen LogP contribution in [-0.4, -0.2) is 13.3 Å². The molecular weight excluding hydrogens is 249 g/mol. The molecule has 74 valence electrons. The number of aryl methyl sites for hydroxylation is 1. The molecule has 1 heterocycles. The van der Waals surface area contributed by atoms with E-state index in [1.165, 1.54) is 15.0 Å². The molecule has 0 atom stereocenters. The predicted octanol–water partition coefficient (Wildman–Crippen LogP) is 3.75. The zero-order valence-electron chi connectivity index (χ0n) is 9.22. The van der Waals surface area contributed by atoms with Gasteiger partial charge in [-0.05, 0) is 0 Å². The van der Waals surface area contributed by atoms with E-state index in [0.717, 1.165) is 0 Å². The van der Waals surface area contributed by atoms with E-state index in [1.807, 2.05) is 11.3 Å². The molecule has 0 spiro atoms. The minimum atomic E-state index is -1.62. The van der Waals surface area contributed by atoms with Crippen LogP contribution >= 0.6 is 11.3 Å². The van der Waals surface area contributed by atoms with Crippen molar-refractivity contribution in [2.45, 2.75) is 24.2 Å². The second-order valence-corrected chi connectivity index (χ2v) is 16.8. The fourth-order valence-corrected chi connectivity index (χ4v) is 5.25. The second kappa shape index (κ2) is 3.39. The van der Waals surface area contributed by atoms with Crippen LogP contribution in [0.3, 0.4) is 0 Å². The normalized spacial score (nSPS) is 12.3. The Balaban J connectivity index is 2.62. The number of fused-ring (bicyclic) bond motifs is 1. The van der Waals surface area contributed by atoms with Crippen molar-refractivity contribution in [3.63, 3.8) is 0 Å². The Morgan fingerprint density at radius 2 is 1.79 bits per heavy atom. The molecular formula is C12H16GeS. The standard InChI is InChI=1S/C12H16GeS/c1-9-7-10-5-6-11(13(2,3)4)8-12(10)14-9/h5-8H,1-4H3. The van der Waals surface area contributed by atoms with Gasteiger partial charge in [-0.2, -0.15) is 0 Å². The summed E-state index contributed by atoms with van der Waals surface area (Å²) in [5, 5.41) is 1.41. The fourth-order valence-electron chi connectivity index (χ4n) is 1.63. The Hall–Kier alpha value is -0.277. The molecule has 14 heavy (non-hydrogen) atoms. The van der Waals surface area contributed by atoms with Crippen molar-refractivity contribution in [3.8, 4) is 0 Å². The molecule has 0 amide bonds. The van der Waals surface area contributed by atoms with E-state index in [0.29, 0.717) is 0 Å². The van der Waals surface area contributed by atoms with Gasteiger partial charge in [0, 0.05) is 0 Å². The number of hydrogen-bond acceptors (Lipinski definition) is 1. The summed E-state index contributed by atoms with van der Waals surface area (Å²) in [6.45, 7) is 2.18. The van der Waals surface area contributed by atoms with E-state index in [9.17, 15) is 0 Å². The molecule has 0 unspecified atom stereocenters. The van der Waals surface area contributed by atoms with E-state index >= 15 is 0 Å². The molecule has 1 aromatic heterocycles. The maximum atomic E-state index is 2.45. The Bertz CT molecular complexity index is 463. The summed E-state index contributed by atoms with van der Waals surface area (Å²) in [7, 11) is 0. The van der Waals surface area contributed by atoms with Crippen molar-refractivity contribution < 1.29 is 0 Å². The molecule has 2 aromatic rings. The SMILES string of the molecule is Cc1cc2cc[c]([Ge]([CH3])([CH3])[CH3])cc2s1. The summed E-state index contributed by atoms with van der Waals surface area (Å²) in [5.41, 5.74) is 0. The molecule has 0 nitrogen and oxygen atoms in total. The van der Waals surface area contributed by atoms with Crippen molar-refractivity contribution in [1.82, 2.24) is 0 Å². The van der Waals surface area contributed by atoms with Crippen LogP contribution < -0.4 is 4.40 Å². The molecule has 0 aliphatic heterocycles. The van der Waals surface area contributed by atoms with Gasteiger partial charge in [0.25, 0.3) is 0 Å². The zero-order valence-corrected chi connectivity index (χ0v) is 12.1. The molecule has 0 bridgehead atoms. The minimum absolute atomic E-state index is 1.41. The van der Waals surface area contributed by atoms with E-state index in [4.69, 9.17) is 0 Å². The topological polar surface area (TPSA) is 0 Å². The molecule has 2 rings (SSSR count). The predicted molar refractivity (Wildman–Crippen MR) is 69.5 cm³/mol. The molecule has 2 heteroatoms. The van der Waals surface area contributed by atoms with Gasteiger partial charge < -0.3 is 0 Å². The summed E-state index contributed by atoms with van der Waals surface area (Å²) >= 11 is 0.291. The van der Waals surface area contributed by atoms with Gasteiger partial charge in [0.2, 0.25) is 0 Å². The number of thiophene rings is 1. The summed E-state index contributed by atoms with van der Waals surface area (Å²) in [5.74, 6) is 7.34.